The number of ether oxygens (including phenoxy) is 4. The van der Waals surface area contributed by atoms with Crippen molar-refractivity contribution in [3.05, 3.63) is 0 Å². The normalized spacial score (nSPS) is 13.8. The molecule has 2 unspecified atom stereocenters. The van der Waals surface area contributed by atoms with E-state index < -0.39 is 97.5 Å². The highest BCUT2D eigenvalue weighted by Gasteiger charge is 2.30. The van der Waals surface area contributed by atoms with Crippen LogP contribution in [0.2, 0.25) is 0 Å². The van der Waals surface area contributed by atoms with Crippen molar-refractivity contribution in [3.63, 3.8) is 0 Å². The van der Waals surface area contributed by atoms with Crippen molar-refractivity contribution < 1.29 is 80.2 Å². The summed E-state index contributed by atoms with van der Waals surface area (Å²) >= 11 is 0. The zero-order valence-electron chi connectivity index (χ0n) is 65.3. The van der Waals surface area contributed by atoms with Crippen molar-refractivity contribution in [1.29, 1.82) is 0 Å². The Labute approximate surface area is 613 Å². The Morgan fingerprint density at radius 2 is 0.460 bits per heavy atom. The van der Waals surface area contributed by atoms with E-state index in [4.69, 9.17) is 37.0 Å². The number of aliphatic hydroxyl groups is 1. The van der Waals surface area contributed by atoms with Gasteiger partial charge in [-0.15, -0.1) is 0 Å². The number of aliphatic hydroxyl groups excluding tert-OH is 1. The summed E-state index contributed by atoms with van der Waals surface area (Å²) in [5.41, 5.74) is 0. The maximum atomic E-state index is 13.1. The minimum Gasteiger partial charge on any atom is -0.462 e. The second-order valence-electron chi connectivity index (χ2n) is 29.6. The standard InChI is InChI=1S/C81H158O17P2/c1-6-9-12-15-18-21-23-25-27-30-34-38-41-45-50-55-60-65-79(84)92-71-77(98-81(86)67-62-57-52-47-43-39-35-32-29-28-31-33-36-40-44-48-53-58-63-74(4)5)73-96-100(89,90)94-69-75(82)68-93-99(87,88)95-72-76(70-91-78(83)64-59-54-49-20-17-14-11-8-3)97-80(85)66-61-56-51-46-42-37-26-24-22-19-16-13-10-7-2/h74-77,82H,6-73H2,1-5H3,(H,87,88)(H,89,90)/t75-,76+,77+/m0/s1. The van der Waals surface area contributed by atoms with Crippen molar-refractivity contribution in [2.24, 2.45) is 5.92 Å². The largest absolute Gasteiger partial charge is 0.472 e. The molecule has 0 aliphatic heterocycles. The van der Waals surface area contributed by atoms with E-state index in [1.807, 2.05) is 0 Å². The molecule has 0 aromatic rings. The molecule has 0 saturated heterocycles. The van der Waals surface area contributed by atoms with Gasteiger partial charge in [-0.25, -0.2) is 9.13 Å². The van der Waals surface area contributed by atoms with Crippen LogP contribution in [0.25, 0.3) is 0 Å². The first-order chi connectivity index (χ1) is 48.5. The second kappa shape index (κ2) is 73.9. The molecule has 0 aromatic carbocycles. The first-order valence-corrected chi connectivity index (χ1v) is 45.1. The van der Waals surface area contributed by atoms with E-state index in [2.05, 4.69) is 34.6 Å². The van der Waals surface area contributed by atoms with Crippen LogP contribution in [0.1, 0.15) is 433 Å². The molecule has 0 fully saturated rings. The first-order valence-electron chi connectivity index (χ1n) is 42.1. The Morgan fingerprint density at radius 3 is 0.680 bits per heavy atom. The third kappa shape index (κ3) is 74.3. The second-order valence-corrected chi connectivity index (χ2v) is 32.5. The number of carbonyl (C=O) groups is 4. The number of hydrogen-bond acceptors (Lipinski definition) is 15. The van der Waals surface area contributed by atoms with E-state index in [1.54, 1.807) is 0 Å². The Bertz CT molecular complexity index is 1910. The monoisotopic (exact) mass is 1470 g/mol. The molecule has 0 radical (unpaired) electrons. The van der Waals surface area contributed by atoms with Gasteiger partial charge in [-0.05, 0) is 31.6 Å². The lowest BCUT2D eigenvalue weighted by atomic mass is 10.0. The van der Waals surface area contributed by atoms with Gasteiger partial charge in [-0.1, -0.05) is 381 Å². The number of phosphoric ester groups is 2. The van der Waals surface area contributed by atoms with Gasteiger partial charge in [-0.3, -0.25) is 37.3 Å². The molecule has 5 atom stereocenters. The fourth-order valence-electron chi connectivity index (χ4n) is 12.6. The van der Waals surface area contributed by atoms with Gasteiger partial charge in [0.25, 0.3) is 0 Å². The van der Waals surface area contributed by atoms with Gasteiger partial charge in [0.2, 0.25) is 0 Å². The van der Waals surface area contributed by atoms with Crippen molar-refractivity contribution in [1.82, 2.24) is 0 Å². The smallest absolute Gasteiger partial charge is 0.462 e. The van der Waals surface area contributed by atoms with Crippen LogP contribution < -0.4 is 0 Å². The van der Waals surface area contributed by atoms with E-state index in [1.165, 1.54) is 250 Å². The number of phosphoric acid groups is 2. The van der Waals surface area contributed by atoms with Crippen LogP contribution in [-0.2, 0) is 65.4 Å². The lowest BCUT2D eigenvalue weighted by Crippen LogP contribution is -2.30. The third-order valence-corrected chi connectivity index (χ3v) is 20.9. The molecule has 594 valence electrons. The SMILES string of the molecule is CCCCCCCCCCCCCCCCCCCC(=O)OC[C@H](COP(=O)(O)OC[C@@H](O)COP(=O)(O)OC[C@@H](COC(=O)CCCCCCCCCC)OC(=O)CCCCCCCCCCCCCCCC)OC(=O)CCCCCCCCCCCCCCCCCCCCC(C)C. The van der Waals surface area contributed by atoms with Gasteiger partial charge < -0.3 is 33.8 Å². The molecule has 17 nitrogen and oxygen atoms in total. The summed E-state index contributed by atoms with van der Waals surface area (Å²) in [7, 11) is -9.91. The summed E-state index contributed by atoms with van der Waals surface area (Å²) in [5.74, 6) is -1.29. The maximum Gasteiger partial charge on any atom is 0.472 e. The zero-order valence-corrected chi connectivity index (χ0v) is 67.1. The number of esters is 4. The van der Waals surface area contributed by atoms with Crippen LogP contribution in [0, 0.1) is 5.92 Å². The quantitative estimate of drug-likeness (QED) is 0.0222. The molecule has 19 heteroatoms. The van der Waals surface area contributed by atoms with E-state index in [0.29, 0.717) is 25.7 Å². The lowest BCUT2D eigenvalue weighted by Gasteiger charge is -2.21. The Balaban J connectivity index is 5.19. The topological polar surface area (TPSA) is 237 Å². The summed E-state index contributed by atoms with van der Waals surface area (Å²) in [5, 5.41) is 10.6. The molecule has 0 aliphatic carbocycles. The van der Waals surface area contributed by atoms with Gasteiger partial charge >= 0.3 is 39.5 Å². The van der Waals surface area contributed by atoms with Crippen LogP contribution in [0.4, 0.5) is 0 Å². The fraction of sp³-hybridized carbons (Fsp3) is 0.951. The van der Waals surface area contributed by atoms with Crippen LogP contribution in [-0.4, -0.2) is 96.7 Å². The van der Waals surface area contributed by atoms with E-state index >= 15 is 0 Å². The van der Waals surface area contributed by atoms with Crippen molar-refractivity contribution in [2.45, 2.75) is 451 Å². The average Bonchev–Trinajstić information content (AvgIpc) is 0.931. The van der Waals surface area contributed by atoms with E-state index in [9.17, 15) is 43.2 Å². The number of rotatable bonds is 81. The molecule has 0 aliphatic rings. The summed E-state index contributed by atoms with van der Waals surface area (Å²) in [4.78, 5) is 72.9. The molecule has 0 saturated carbocycles. The molecule has 0 aromatic heterocycles. The highest BCUT2D eigenvalue weighted by molar-refractivity contribution is 7.47. The molecule has 0 amide bonds. The summed E-state index contributed by atoms with van der Waals surface area (Å²) in [6.45, 7) is 7.34. The van der Waals surface area contributed by atoms with Crippen LogP contribution >= 0.6 is 15.6 Å². The molecular weight excluding hydrogens is 1310 g/mol. The van der Waals surface area contributed by atoms with Gasteiger partial charge in [0, 0.05) is 25.7 Å². The molecule has 0 heterocycles. The average molecular weight is 1470 g/mol. The predicted molar refractivity (Wildman–Crippen MR) is 409 cm³/mol. The predicted octanol–water partition coefficient (Wildman–Crippen LogP) is 24.4. The highest BCUT2D eigenvalue weighted by atomic mass is 31.2. The molecular formula is C81H158O17P2. The zero-order chi connectivity index (χ0) is 73.4. The van der Waals surface area contributed by atoms with Crippen molar-refractivity contribution in [3.8, 4) is 0 Å². The van der Waals surface area contributed by atoms with Gasteiger partial charge in [0.1, 0.15) is 19.3 Å². The molecule has 0 rings (SSSR count). The van der Waals surface area contributed by atoms with Gasteiger partial charge in [-0.2, -0.15) is 0 Å². The maximum absolute atomic E-state index is 13.1. The summed E-state index contributed by atoms with van der Waals surface area (Å²) in [6, 6.07) is 0. The van der Waals surface area contributed by atoms with Gasteiger partial charge in [0.15, 0.2) is 12.2 Å². The van der Waals surface area contributed by atoms with Crippen LogP contribution in [0.5, 0.6) is 0 Å². The summed E-state index contributed by atoms with van der Waals surface area (Å²) in [6.07, 6.45) is 65.3. The minimum atomic E-state index is -4.96. The third-order valence-electron chi connectivity index (χ3n) is 19.0. The molecule has 100 heavy (non-hydrogen) atoms. The van der Waals surface area contributed by atoms with Crippen molar-refractivity contribution in [2.75, 3.05) is 39.6 Å². The van der Waals surface area contributed by atoms with E-state index in [0.717, 1.165) is 102 Å². The Morgan fingerprint density at radius 1 is 0.270 bits per heavy atom. The number of carbonyl (C=O) groups excluding carboxylic acids is 4. The van der Waals surface area contributed by atoms with E-state index in [-0.39, 0.29) is 25.7 Å². The van der Waals surface area contributed by atoms with Crippen LogP contribution in [0.15, 0.2) is 0 Å². The minimum absolute atomic E-state index is 0.108. The lowest BCUT2D eigenvalue weighted by molar-refractivity contribution is -0.161. The Kier molecular flexibility index (Phi) is 72.5. The molecule has 0 bridgehead atoms. The number of hydrogen-bond donors (Lipinski definition) is 3. The Hall–Kier alpha value is -1.94. The molecule has 0 spiro atoms. The van der Waals surface area contributed by atoms with Crippen molar-refractivity contribution >= 4 is 39.5 Å². The first kappa shape index (κ1) is 98.1. The van der Waals surface area contributed by atoms with Gasteiger partial charge in [0.05, 0.1) is 26.4 Å². The summed E-state index contributed by atoms with van der Waals surface area (Å²) < 4.78 is 68.6. The fourth-order valence-corrected chi connectivity index (χ4v) is 14.2. The number of unbranched alkanes of at least 4 members (excludes halogenated alkanes) is 53. The van der Waals surface area contributed by atoms with Crippen LogP contribution in [0.3, 0.4) is 0 Å². The molecule has 3 N–H and O–H groups in total. The highest BCUT2D eigenvalue weighted by Crippen LogP contribution is 2.45.